The predicted octanol–water partition coefficient (Wildman–Crippen LogP) is 1.72. The number of halogens is 1. The Bertz CT molecular complexity index is 515. The molecule has 0 aromatic carbocycles. The number of hydrogen-bond acceptors (Lipinski definition) is 4. The molecule has 2 heterocycles. The van der Waals surface area contributed by atoms with Crippen LogP contribution < -0.4 is 5.46 Å². The van der Waals surface area contributed by atoms with Crippen molar-refractivity contribution in [2.75, 3.05) is 0 Å². The fourth-order valence-electron chi connectivity index (χ4n) is 1.79. The zero-order chi connectivity index (χ0) is 14.4. The van der Waals surface area contributed by atoms with Gasteiger partial charge in [-0.25, -0.2) is 4.98 Å². The van der Waals surface area contributed by atoms with Gasteiger partial charge in [0.2, 0.25) is 5.95 Å². The van der Waals surface area contributed by atoms with Gasteiger partial charge in [-0.2, -0.15) is 4.39 Å². The van der Waals surface area contributed by atoms with E-state index in [1.54, 1.807) is 0 Å². The Morgan fingerprint density at radius 3 is 2.16 bits per heavy atom. The van der Waals surface area contributed by atoms with Gasteiger partial charge in [-0.05, 0) is 33.8 Å². The van der Waals surface area contributed by atoms with E-state index in [0.717, 1.165) is 0 Å². The van der Waals surface area contributed by atoms with E-state index in [2.05, 4.69) is 4.98 Å². The van der Waals surface area contributed by atoms with Crippen molar-refractivity contribution in [2.45, 2.75) is 45.8 Å². The molecule has 0 bridgehead atoms. The van der Waals surface area contributed by atoms with Gasteiger partial charge < -0.3 is 9.31 Å². The third-order valence-electron chi connectivity index (χ3n) is 3.75. The van der Waals surface area contributed by atoms with E-state index in [4.69, 9.17) is 9.31 Å². The number of carbonyl (C=O) groups is 1. The Hall–Kier alpha value is -1.27. The van der Waals surface area contributed by atoms with E-state index in [0.29, 0.717) is 0 Å². The second kappa shape index (κ2) is 4.39. The normalized spacial score (nSPS) is 20.6. The second-order valence-corrected chi connectivity index (χ2v) is 5.72. The van der Waals surface area contributed by atoms with Crippen LogP contribution in [0.1, 0.15) is 45.1 Å². The Labute approximate surface area is 112 Å². The summed E-state index contributed by atoms with van der Waals surface area (Å²) in [7, 11) is -0.807. The monoisotopic (exact) mass is 265 g/mol. The van der Waals surface area contributed by atoms with Gasteiger partial charge in [0, 0.05) is 12.4 Å². The van der Waals surface area contributed by atoms with Crippen molar-refractivity contribution >= 4 is 18.4 Å². The molecule has 1 aromatic rings. The molecule has 1 aromatic heterocycles. The van der Waals surface area contributed by atoms with Crippen LogP contribution in [0.2, 0.25) is 0 Å². The molecular weight excluding hydrogens is 248 g/mol. The van der Waals surface area contributed by atoms with Crippen LogP contribution in [0.4, 0.5) is 4.39 Å². The van der Waals surface area contributed by atoms with Crippen molar-refractivity contribution < 1.29 is 18.5 Å². The summed E-state index contributed by atoms with van der Waals surface area (Å²) in [5.74, 6) is -1.01. The highest BCUT2D eigenvalue weighted by Gasteiger charge is 2.52. The highest BCUT2D eigenvalue weighted by molar-refractivity contribution is 6.62. The molecule has 0 spiro atoms. The predicted molar refractivity (Wildman–Crippen MR) is 69.9 cm³/mol. The van der Waals surface area contributed by atoms with Crippen molar-refractivity contribution in [1.82, 2.24) is 4.98 Å². The molecule has 102 valence electrons. The number of hydrogen-bond donors (Lipinski definition) is 0. The molecular formula is C13H17BFNO3. The lowest BCUT2D eigenvalue weighted by molar-refractivity contribution is 0.00578. The third-order valence-corrected chi connectivity index (χ3v) is 3.75. The van der Waals surface area contributed by atoms with Crippen LogP contribution in [0.5, 0.6) is 0 Å². The van der Waals surface area contributed by atoms with Gasteiger partial charge in [-0.1, -0.05) is 6.07 Å². The van der Waals surface area contributed by atoms with Crippen LogP contribution in [0.3, 0.4) is 0 Å². The smallest absolute Gasteiger partial charge is 0.399 e. The maximum atomic E-state index is 13.9. The topological polar surface area (TPSA) is 48.4 Å². The quantitative estimate of drug-likeness (QED) is 0.464. The van der Waals surface area contributed by atoms with Crippen molar-refractivity contribution in [3.8, 4) is 0 Å². The molecule has 1 saturated heterocycles. The van der Waals surface area contributed by atoms with Gasteiger partial charge in [0.15, 0.2) is 5.78 Å². The molecule has 0 amide bonds. The molecule has 4 nitrogen and oxygen atoms in total. The van der Waals surface area contributed by atoms with E-state index in [9.17, 15) is 9.18 Å². The van der Waals surface area contributed by atoms with Crippen molar-refractivity contribution in [3.05, 3.63) is 23.8 Å². The van der Waals surface area contributed by atoms with Crippen LogP contribution in [0.15, 0.2) is 12.1 Å². The summed E-state index contributed by atoms with van der Waals surface area (Å²) in [4.78, 5) is 14.8. The van der Waals surface area contributed by atoms with Crippen molar-refractivity contribution in [3.63, 3.8) is 0 Å². The maximum absolute atomic E-state index is 13.9. The SMILES string of the molecule is CC(=O)c1ccc(B2OC(C)(C)C(C)(C)O2)c(F)n1. The van der Waals surface area contributed by atoms with E-state index in [1.165, 1.54) is 19.1 Å². The minimum Gasteiger partial charge on any atom is -0.399 e. The average molecular weight is 265 g/mol. The number of carbonyl (C=O) groups excluding carboxylic acids is 1. The lowest BCUT2D eigenvalue weighted by atomic mass is 9.80. The molecule has 0 unspecified atom stereocenters. The number of Topliss-reactive ketones (excluding diaryl/α,β-unsaturated/α-hetero) is 1. The molecule has 0 N–H and O–H groups in total. The van der Waals surface area contributed by atoms with Crippen LogP contribution in [0.25, 0.3) is 0 Å². The van der Waals surface area contributed by atoms with Crippen molar-refractivity contribution in [2.24, 2.45) is 0 Å². The third kappa shape index (κ3) is 2.42. The van der Waals surface area contributed by atoms with E-state index in [1.807, 2.05) is 27.7 Å². The number of nitrogens with zero attached hydrogens (tertiary/aromatic N) is 1. The highest BCUT2D eigenvalue weighted by atomic mass is 19.1. The Morgan fingerprint density at radius 1 is 1.21 bits per heavy atom. The zero-order valence-electron chi connectivity index (χ0n) is 11.8. The van der Waals surface area contributed by atoms with Gasteiger partial charge in [-0.15, -0.1) is 0 Å². The summed E-state index contributed by atoms with van der Waals surface area (Å²) in [5, 5.41) is 0. The Balaban J connectivity index is 2.33. The molecule has 2 rings (SSSR count). The first-order valence-corrected chi connectivity index (χ1v) is 6.17. The Kier molecular flexibility index (Phi) is 3.27. The van der Waals surface area contributed by atoms with Crippen LogP contribution in [0, 0.1) is 5.95 Å². The lowest BCUT2D eigenvalue weighted by Gasteiger charge is -2.32. The highest BCUT2D eigenvalue weighted by Crippen LogP contribution is 2.36. The van der Waals surface area contributed by atoms with Gasteiger partial charge in [0.05, 0.1) is 11.2 Å². The summed E-state index contributed by atoms with van der Waals surface area (Å²) in [5.41, 5.74) is -0.770. The minimum absolute atomic E-state index is 0.0952. The van der Waals surface area contributed by atoms with Gasteiger partial charge >= 0.3 is 7.12 Å². The minimum atomic E-state index is -0.807. The summed E-state index contributed by atoms with van der Waals surface area (Å²) in [6, 6.07) is 2.97. The second-order valence-electron chi connectivity index (χ2n) is 5.72. The van der Waals surface area contributed by atoms with Gasteiger partial charge in [-0.3, -0.25) is 4.79 Å². The van der Waals surface area contributed by atoms with Crippen molar-refractivity contribution in [1.29, 1.82) is 0 Å². The number of ketones is 1. The molecule has 1 aliphatic rings. The van der Waals surface area contributed by atoms with Crippen LogP contribution >= 0.6 is 0 Å². The molecule has 0 atom stereocenters. The zero-order valence-corrected chi connectivity index (χ0v) is 11.8. The molecule has 19 heavy (non-hydrogen) atoms. The van der Waals surface area contributed by atoms with Crippen LogP contribution in [-0.4, -0.2) is 29.1 Å². The largest absolute Gasteiger partial charge is 0.499 e. The lowest BCUT2D eigenvalue weighted by Crippen LogP contribution is -2.41. The number of pyridine rings is 1. The summed E-state index contributed by atoms with van der Waals surface area (Å²) < 4.78 is 25.4. The first kappa shape index (κ1) is 14.2. The fourth-order valence-corrected chi connectivity index (χ4v) is 1.79. The number of rotatable bonds is 2. The number of aromatic nitrogens is 1. The van der Waals surface area contributed by atoms with Gasteiger partial charge in [0.25, 0.3) is 0 Å². The Morgan fingerprint density at radius 2 is 1.74 bits per heavy atom. The summed E-state index contributed by atoms with van der Waals surface area (Å²) >= 11 is 0. The molecule has 6 heteroatoms. The molecule has 1 aliphatic heterocycles. The molecule has 1 fully saturated rings. The fraction of sp³-hybridized carbons (Fsp3) is 0.538. The first-order chi connectivity index (χ1) is 8.64. The maximum Gasteiger partial charge on any atom is 0.499 e. The van der Waals surface area contributed by atoms with E-state index >= 15 is 0 Å². The van der Waals surface area contributed by atoms with Gasteiger partial charge in [0.1, 0.15) is 5.69 Å². The van der Waals surface area contributed by atoms with Crippen LogP contribution in [-0.2, 0) is 9.31 Å². The summed E-state index contributed by atoms with van der Waals surface area (Å²) in [6.07, 6.45) is 0. The van der Waals surface area contributed by atoms with E-state index < -0.39 is 24.3 Å². The first-order valence-electron chi connectivity index (χ1n) is 6.17. The molecule has 0 saturated carbocycles. The van der Waals surface area contributed by atoms with E-state index in [-0.39, 0.29) is 16.9 Å². The summed E-state index contributed by atoms with van der Waals surface area (Å²) in [6.45, 7) is 8.91. The molecule has 0 radical (unpaired) electrons. The standard InChI is InChI=1S/C13H17BFNO3/c1-8(17)10-7-6-9(11(15)16-10)14-18-12(2,3)13(4,5)19-14/h6-7H,1-5H3. The molecule has 0 aliphatic carbocycles. The average Bonchev–Trinajstić information content (AvgIpc) is 2.47.